The van der Waals surface area contributed by atoms with Crippen LogP contribution in [0.1, 0.15) is 6.85 Å². The Bertz CT molecular complexity index is 2620. The number of aromatic nitrogens is 1. The largest absolute Gasteiger partial charge is 0.451 e. The van der Waals surface area contributed by atoms with Gasteiger partial charge in [-0.3, -0.25) is 9.47 Å². The second kappa shape index (κ2) is 11.7. The molecule has 2 heterocycles. The third kappa shape index (κ3) is 4.70. The van der Waals surface area contributed by atoms with Gasteiger partial charge >= 0.3 is 0 Å². The average molecular weight is 623 g/mol. The molecule has 1 aliphatic rings. The minimum atomic E-state index is -0.436. The highest BCUT2D eigenvalue weighted by molar-refractivity contribution is 6.01. The molecule has 8 aromatic rings. The van der Waals surface area contributed by atoms with E-state index in [2.05, 4.69) is 33.7 Å². The van der Waals surface area contributed by atoms with E-state index in [0.29, 0.717) is 11.4 Å². The number of anilines is 6. The summed E-state index contributed by atoms with van der Waals surface area (Å²) < 4.78 is 52.0. The number of nitrogens with zero attached hydrogens (tertiary/aromatic N) is 3. The fraction of sp³-hybridized carbons (Fsp3) is 0. The molecule has 4 heteroatoms. The van der Waals surface area contributed by atoms with E-state index < -0.39 is 18.1 Å². The molecule has 0 saturated carbocycles. The first-order valence-corrected chi connectivity index (χ1v) is 15.8. The molecule has 0 radical (unpaired) electrons. The summed E-state index contributed by atoms with van der Waals surface area (Å²) in [6, 6.07) is 50.2. The highest BCUT2D eigenvalue weighted by atomic mass is 16.5. The first-order valence-electron chi connectivity index (χ1n) is 18.3. The van der Waals surface area contributed by atoms with Gasteiger partial charge < -0.3 is 9.64 Å². The summed E-state index contributed by atoms with van der Waals surface area (Å²) in [5.41, 5.74) is 7.11. The van der Waals surface area contributed by atoms with Crippen molar-refractivity contribution in [1.82, 2.24) is 4.57 Å². The molecular formula is C44H31N3O. The van der Waals surface area contributed by atoms with Crippen molar-refractivity contribution in [2.75, 3.05) is 9.80 Å². The molecule has 0 unspecified atom stereocenters. The maximum atomic E-state index is 8.93. The Hall–Kier alpha value is -6.52. The molecular weight excluding hydrogens is 587 g/mol. The number of fused-ring (bicyclic) bond motifs is 4. The predicted molar refractivity (Wildman–Crippen MR) is 198 cm³/mol. The summed E-state index contributed by atoms with van der Waals surface area (Å²) in [6.07, 6.45) is 0. The van der Waals surface area contributed by atoms with E-state index >= 15 is 0 Å². The SMILES string of the molecule is [2H]c1c([2H])c([2H])c(N(c2ccc(-c3ccccc3)cc2)c2ccc(N3c4ccccc4Oc4c3n(-c3ccccc3)c3ccccc43)cc2)c([2H])c1[2H]. The number of hydrogen-bond donors (Lipinski definition) is 0. The molecule has 0 saturated heterocycles. The van der Waals surface area contributed by atoms with Crippen LogP contribution in [0.15, 0.2) is 188 Å². The molecule has 0 fully saturated rings. The lowest BCUT2D eigenvalue weighted by atomic mass is 10.0. The van der Waals surface area contributed by atoms with Crippen molar-refractivity contribution < 1.29 is 11.6 Å². The van der Waals surface area contributed by atoms with E-state index in [1.54, 1.807) is 4.90 Å². The van der Waals surface area contributed by atoms with Gasteiger partial charge in [-0.2, -0.15) is 0 Å². The molecule has 0 N–H and O–H groups in total. The summed E-state index contributed by atoms with van der Waals surface area (Å²) in [4.78, 5) is 3.92. The highest BCUT2D eigenvalue weighted by Crippen LogP contribution is 2.55. The van der Waals surface area contributed by atoms with Crippen LogP contribution in [0.4, 0.5) is 34.3 Å². The van der Waals surface area contributed by atoms with E-state index in [1.165, 1.54) is 0 Å². The predicted octanol–water partition coefficient (Wildman–Crippen LogP) is 12.3. The summed E-state index contributed by atoms with van der Waals surface area (Å²) in [5, 5.41) is 0.980. The molecule has 0 spiro atoms. The lowest BCUT2D eigenvalue weighted by molar-refractivity contribution is 0.481. The molecule has 0 aliphatic carbocycles. The van der Waals surface area contributed by atoms with Crippen molar-refractivity contribution in [3.63, 3.8) is 0 Å². The van der Waals surface area contributed by atoms with Crippen molar-refractivity contribution in [3.05, 3.63) is 188 Å². The lowest BCUT2D eigenvalue weighted by Crippen LogP contribution is -2.18. The number of ether oxygens (including phenoxy) is 1. The van der Waals surface area contributed by atoms with Gasteiger partial charge in [0.15, 0.2) is 17.3 Å². The molecule has 0 atom stereocenters. The summed E-state index contributed by atoms with van der Waals surface area (Å²) in [6.45, 7) is 0. The number of rotatable bonds is 6. The van der Waals surface area contributed by atoms with Gasteiger partial charge in [-0.1, -0.05) is 103 Å². The Labute approximate surface area is 287 Å². The third-order valence-electron chi connectivity index (χ3n) is 8.66. The summed E-state index contributed by atoms with van der Waals surface area (Å²) in [5.74, 6) is 2.31. The highest BCUT2D eigenvalue weighted by Gasteiger charge is 2.33. The molecule has 0 bridgehead atoms. The quantitative estimate of drug-likeness (QED) is 0.184. The van der Waals surface area contributed by atoms with Crippen LogP contribution in [0, 0.1) is 0 Å². The molecule has 1 aromatic heterocycles. The van der Waals surface area contributed by atoms with Gasteiger partial charge in [-0.25, -0.2) is 0 Å². The van der Waals surface area contributed by atoms with Crippen LogP contribution in [0.3, 0.4) is 0 Å². The number of hydrogen-bond acceptors (Lipinski definition) is 3. The minimum absolute atomic E-state index is 0.0689. The molecule has 9 rings (SSSR count). The fourth-order valence-corrected chi connectivity index (χ4v) is 6.50. The maximum absolute atomic E-state index is 8.93. The van der Waals surface area contributed by atoms with E-state index in [1.807, 2.05) is 133 Å². The van der Waals surface area contributed by atoms with Gasteiger partial charge in [0.1, 0.15) is 0 Å². The zero-order valence-corrected chi connectivity index (χ0v) is 25.8. The van der Waals surface area contributed by atoms with Crippen molar-refractivity contribution in [2.24, 2.45) is 0 Å². The van der Waals surface area contributed by atoms with Gasteiger partial charge in [0.05, 0.1) is 18.1 Å². The van der Waals surface area contributed by atoms with Crippen LogP contribution in [-0.4, -0.2) is 4.57 Å². The molecule has 48 heavy (non-hydrogen) atoms. The first-order chi connectivity index (χ1) is 25.9. The summed E-state index contributed by atoms with van der Waals surface area (Å²) >= 11 is 0. The molecule has 228 valence electrons. The normalized spacial score (nSPS) is 13.3. The summed E-state index contributed by atoms with van der Waals surface area (Å²) in [7, 11) is 0. The average Bonchev–Trinajstić information content (AvgIpc) is 3.54. The van der Waals surface area contributed by atoms with E-state index in [9.17, 15) is 0 Å². The fourth-order valence-electron chi connectivity index (χ4n) is 6.50. The van der Waals surface area contributed by atoms with Crippen molar-refractivity contribution >= 4 is 45.2 Å². The van der Waals surface area contributed by atoms with Crippen molar-refractivity contribution in [3.8, 4) is 28.3 Å². The Morgan fingerprint density at radius 1 is 0.500 bits per heavy atom. The number of para-hydroxylation sites is 5. The van der Waals surface area contributed by atoms with Gasteiger partial charge in [0.25, 0.3) is 0 Å². The van der Waals surface area contributed by atoms with Crippen LogP contribution < -0.4 is 14.5 Å². The van der Waals surface area contributed by atoms with Crippen LogP contribution in [-0.2, 0) is 0 Å². The third-order valence-corrected chi connectivity index (χ3v) is 8.66. The molecule has 0 amide bonds. The molecule has 4 nitrogen and oxygen atoms in total. The van der Waals surface area contributed by atoms with Crippen LogP contribution >= 0.6 is 0 Å². The number of benzene rings is 7. The van der Waals surface area contributed by atoms with Crippen molar-refractivity contribution in [2.45, 2.75) is 0 Å². The van der Waals surface area contributed by atoms with Crippen LogP contribution in [0.2, 0.25) is 0 Å². The molecule has 1 aliphatic heterocycles. The van der Waals surface area contributed by atoms with Gasteiger partial charge in [-0.05, 0) is 96.0 Å². The van der Waals surface area contributed by atoms with E-state index in [4.69, 9.17) is 11.6 Å². The monoisotopic (exact) mass is 622 g/mol. The smallest absolute Gasteiger partial charge is 0.178 e. The first kappa shape index (κ1) is 22.9. The lowest BCUT2D eigenvalue weighted by Gasteiger charge is -2.33. The van der Waals surface area contributed by atoms with Crippen molar-refractivity contribution in [1.29, 1.82) is 0 Å². The standard InChI is InChI=1S/C44H31N3O/c1-4-14-32(15-5-1)33-24-26-36(27-25-33)45(34-16-6-2-7-17-34)37-28-30-38(31-29-37)47-41-22-12-13-23-42(41)48-43-39-20-10-11-21-40(39)46(44(43)47)35-18-8-3-9-19-35/h1-31H/i2D,6D,7D,16D,17D. The Balaban J connectivity index is 1.22. The molecule has 7 aromatic carbocycles. The Morgan fingerprint density at radius 3 is 1.85 bits per heavy atom. The second-order valence-electron chi connectivity index (χ2n) is 11.5. The minimum Gasteiger partial charge on any atom is -0.451 e. The van der Waals surface area contributed by atoms with E-state index in [-0.39, 0.29) is 17.8 Å². The van der Waals surface area contributed by atoms with Gasteiger partial charge in [0, 0.05) is 33.8 Å². The van der Waals surface area contributed by atoms with Gasteiger partial charge in [-0.15, -0.1) is 0 Å². The zero-order valence-electron chi connectivity index (χ0n) is 30.8. The Morgan fingerprint density at radius 2 is 1.10 bits per heavy atom. The Kier molecular flexibility index (Phi) is 5.58. The maximum Gasteiger partial charge on any atom is 0.178 e. The van der Waals surface area contributed by atoms with E-state index in [0.717, 1.165) is 56.4 Å². The second-order valence-corrected chi connectivity index (χ2v) is 11.5. The van der Waals surface area contributed by atoms with Gasteiger partial charge in [0.2, 0.25) is 0 Å². The zero-order chi connectivity index (χ0) is 36.2. The van der Waals surface area contributed by atoms with Crippen LogP contribution in [0.5, 0.6) is 11.5 Å². The topological polar surface area (TPSA) is 20.6 Å². The van der Waals surface area contributed by atoms with Crippen LogP contribution in [0.25, 0.3) is 27.7 Å².